The Morgan fingerprint density at radius 3 is 2.47 bits per heavy atom. The van der Waals surface area contributed by atoms with Gasteiger partial charge in [-0.25, -0.2) is 9.18 Å². The Morgan fingerprint density at radius 1 is 1.35 bits per heavy atom. The largest absolute Gasteiger partial charge is 0.461 e. The minimum atomic E-state index is -0.692. The fourth-order valence-corrected chi connectivity index (χ4v) is 1.08. The lowest BCUT2D eigenvalue weighted by Gasteiger charge is -2.07. The number of esters is 1. The van der Waals surface area contributed by atoms with Gasteiger partial charge in [0.15, 0.2) is 0 Å². The first-order valence-corrected chi connectivity index (χ1v) is 4.97. The van der Waals surface area contributed by atoms with Gasteiger partial charge < -0.3 is 10.1 Å². The van der Waals surface area contributed by atoms with Crippen molar-refractivity contribution in [1.29, 1.82) is 0 Å². The fourth-order valence-electron chi connectivity index (χ4n) is 1.08. The topological polar surface area (TPSA) is 55.4 Å². The minimum Gasteiger partial charge on any atom is -0.461 e. The number of rotatable bonds is 4. The van der Waals surface area contributed by atoms with E-state index in [0.717, 1.165) is 12.1 Å². The molecular weight excluding hydrogens is 225 g/mol. The lowest BCUT2D eigenvalue weighted by Crippen LogP contribution is -2.27. The predicted molar refractivity (Wildman–Crippen MR) is 59.6 cm³/mol. The van der Waals surface area contributed by atoms with Crippen molar-refractivity contribution in [3.63, 3.8) is 0 Å². The van der Waals surface area contributed by atoms with Gasteiger partial charge in [0.2, 0.25) is 0 Å². The molecule has 0 aliphatic heterocycles. The Morgan fingerprint density at radius 2 is 1.94 bits per heavy atom. The summed E-state index contributed by atoms with van der Waals surface area (Å²) in [6.45, 7) is 5.22. The Hall–Kier alpha value is -2.17. The highest BCUT2D eigenvalue weighted by Gasteiger charge is 2.12. The van der Waals surface area contributed by atoms with Crippen LogP contribution in [0.15, 0.2) is 36.5 Å². The molecule has 0 aliphatic carbocycles. The number of amides is 1. The summed E-state index contributed by atoms with van der Waals surface area (Å²) < 4.78 is 17.3. The van der Waals surface area contributed by atoms with E-state index >= 15 is 0 Å². The van der Waals surface area contributed by atoms with E-state index in [2.05, 4.69) is 16.6 Å². The number of hydrogen-bond acceptors (Lipinski definition) is 3. The van der Waals surface area contributed by atoms with Crippen molar-refractivity contribution in [3.05, 3.63) is 47.9 Å². The first-order chi connectivity index (χ1) is 8.04. The summed E-state index contributed by atoms with van der Waals surface area (Å²) in [4.78, 5) is 22.7. The third-order valence-corrected chi connectivity index (χ3v) is 1.89. The third-order valence-electron chi connectivity index (χ3n) is 1.89. The molecule has 4 nitrogen and oxygen atoms in total. The third kappa shape index (κ3) is 3.71. The van der Waals surface area contributed by atoms with Crippen LogP contribution in [0.3, 0.4) is 0 Å². The van der Waals surface area contributed by atoms with Crippen molar-refractivity contribution in [3.8, 4) is 0 Å². The van der Waals surface area contributed by atoms with Crippen molar-refractivity contribution in [2.24, 2.45) is 0 Å². The molecule has 1 aromatic carbocycles. The van der Waals surface area contributed by atoms with Crippen LogP contribution in [0.25, 0.3) is 0 Å². The van der Waals surface area contributed by atoms with Gasteiger partial charge in [-0.05, 0) is 31.2 Å². The van der Waals surface area contributed by atoms with Crippen molar-refractivity contribution in [2.45, 2.75) is 6.92 Å². The number of nitrogens with one attached hydrogen (secondary N) is 1. The zero-order valence-electron chi connectivity index (χ0n) is 9.33. The van der Waals surface area contributed by atoms with E-state index in [1.54, 1.807) is 6.92 Å². The number of halogens is 1. The second-order valence-electron chi connectivity index (χ2n) is 3.16. The zero-order valence-corrected chi connectivity index (χ0v) is 9.33. The first-order valence-electron chi connectivity index (χ1n) is 4.97. The SMILES string of the molecule is C=C(NC(=O)c1ccc(F)cc1)C(=O)OCC. The van der Waals surface area contributed by atoms with E-state index in [1.807, 2.05) is 0 Å². The number of ether oxygens (including phenoxy) is 1. The van der Waals surface area contributed by atoms with E-state index in [9.17, 15) is 14.0 Å². The molecule has 0 atom stereocenters. The molecule has 0 heterocycles. The van der Waals surface area contributed by atoms with Crippen LogP contribution in [0.5, 0.6) is 0 Å². The molecule has 0 saturated heterocycles. The molecule has 0 spiro atoms. The van der Waals surface area contributed by atoms with Crippen LogP contribution in [0, 0.1) is 5.82 Å². The van der Waals surface area contributed by atoms with Crippen LogP contribution in [0.4, 0.5) is 4.39 Å². The number of carbonyl (C=O) groups is 2. The van der Waals surface area contributed by atoms with E-state index in [0.29, 0.717) is 0 Å². The van der Waals surface area contributed by atoms with Gasteiger partial charge >= 0.3 is 5.97 Å². The van der Waals surface area contributed by atoms with Crippen molar-refractivity contribution >= 4 is 11.9 Å². The van der Waals surface area contributed by atoms with E-state index in [1.165, 1.54) is 12.1 Å². The molecule has 90 valence electrons. The maximum absolute atomic E-state index is 12.6. The predicted octanol–water partition coefficient (Wildman–Crippen LogP) is 1.63. The lowest BCUT2D eigenvalue weighted by molar-refractivity contribution is -0.138. The molecular formula is C12H12FNO3. The first kappa shape index (κ1) is 12.9. The summed E-state index contributed by atoms with van der Waals surface area (Å²) in [6, 6.07) is 4.93. The summed E-state index contributed by atoms with van der Waals surface area (Å²) in [5, 5.41) is 2.27. The van der Waals surface area contributed by atoms with Crippen LogP contribution in [0.1, 0.15) is 17.3 Å². The molecule has 0 unspecified atom stereocenters. The molecule has 0 bridgehead atoms. The van der Waals surface area contributed by atoms with Crippen LogP contribution in [-0.2, 0) is 9.53 Å². The fraction of sp³-hybridized carbons (Fsp3) is 0.167. The van der Waals surface area contributed by atoms with Gasteiger partial charge in [-0.1, -0.05) is 6.58 Å². The molecule has 1 rings (SSSR count). The summed E-state index contributed by atoms with van der Waals surface area (Å²) in [7, 11) is 0. The van der Waals surface area contributed by atoms with Crippen LogP contribution < -0.4 is 5.32 Å². The van der Waals surface area contributed by atoms with Gasteiger partial charge in [0.25, 0.3) is 5.91 Å². The highest BCUT2D eigenvalue weighted by molar-refractivity contribution is 6.00. The molecule has 1 amide bonds. The summed E-state index contributed by atoms with van der Waals surface area (Å²) in [5.41, 5.74) is 0.0815. The van der Waals surface area contributed by atoms with Gasteiger partial charge in [0.1, 0.15) is 11.5 Å². The molecule has 0 radical (unpaired) electrons. The second kappa shape index (κ2) is 5.79. The van der Waals surface area contributed by atoms with Crippen LogP contribution in [0.2, 0.25) is 0 Å². The lowest BCUT2D eigenvalue weighted by atomic mass is 10.2. The second-order valence-corrected chi connectivity index (χ2v) is 3.16. The smallest absolute Gasteiger partial charge is 0.354 e. The summed E-state index contributed by atoms with van der Waals surface area (Å²) in [5.74, 6) is -1.67. The van der Waals surface area contributed by atoms with Gasteiger partial charge in [-0.3, -0.25) is 4.79 Å². The number of carbonyl (C=O) groups excluding carboxylic acids is 2. The Kier molecular flexibility index (Phi) is 4.39. The monoisotopic (exact) mass is 237 g/mol. The standard InChI is InChI=1S/C12H12FNO3/c1-3-17-12(16)8(2)14-11(15)9-4-6-10(13)7-5-9/h4-7H,2-3H2,1H3,(H,14,15). The minimum absolute atomic E-state index is 0.152. The Bertz CT molecular complexity index is 440. The van der Waals surface area contributed by atoms with Gasteiger partial charge in [-0.15, -0.1) is 0 Å². The summed E-state index contributed by atoms with van der Waals surface area (Å²) in [6.07, 6.45) is 0. The van der Waals surface area contributed by atoms with Crippen molar-refractivity contribution in [2.75, 3.05) is 6.61 Å². The Balaban J connectivity index is 2.63. The normalized spacial score (nSPS) is 9.53. The average molecular weight is 237 g/mol. The molecule has 0 aliphatic rings. The number of hydrogen-bond donors (Lipinski definition) is 1. The maximum atomic E-state index is 12.6. The molecule has 17 heavy (non-hydrogen) atoms. The number of benzene rings is 1. The highest BCUT2D eigenvalue weighted by Crippen LogP contribution is 2.03. The quantitative estimate of drug-likeness (QED) is 0.639. The van der Waals surface area contributed by atoms with Gasteiger partial charge in [-0.2, -0.15) is 0 Å². The molecule has 5 heteroatoms. The molecule has 0 aromatic heterocycles. The molecule has 1 aromatic rings. The molecule has 1 N–H and O–H groups in total. The summed E-state index contributed by atoms with van der Waals surface area (Å²) >= 11 is 0. The maximum Gasteiger partial charge on any atom is 0.354 e. The van der Waals surface area contributed by atoms with Crippen LogP contribution >= 0.6 is 0 Å². The van der Waals surface area contributed by atoms with Crippen LogP contribution in [-0.4, -0.2) is 18.5 Å². The van der Waals surface area contributed by atoms with E-state index in [4.69, 9.17) is 0 Å². The zero-order chi connectivity index (χ0) is 12.8. The van der Waals surface area contributed by atoms with Gasteiger partial charge in [0, 0.05) is 5.56 Å². The Labute approximate surface area is 98.1 Å². The van der Waals surface area contributed by atoms with Crippen molar-refractivity contribution < 1.29 is 18.7 Å². The van der Waals surface area contributed by atoms with E-state index in [-0.39, 0.29) is 17.9 Å². The van der Waals surface area contributed by atoms with Gasteiger partial charge in [0.05, 0.1) is 6.61 Å². The van der Waals surface area contributed by atoms with E-state index < -0.39 is 17.7 Å². The molecule has 0 saturated carbocycles. The van der Waals surface area contributed by atoms with Crippen molar-refractivity contribution in [1.82, 2.24) is 5.32 Å². The molecule has 0 fully saturated rings. The highest BCUT2D eigenvalue weighted by atomic mass is 19.1. The average Bonchev–Trinajstić information content (AvgIpc) is 2.30.